The van der Waals surface area contributed by atoms with E-state index in [1.807, 2.05) is 25.2 Å². The van der Waals surface area contributed by atoms with E-state index in [0.717, 1.165) is 25.2 Å². The predicted octanol–water partition coefficient (Wildman–Crippen LogP) is 3.20. The van der Waals surface area contributed by atoms with Gasteiger partial charge in [0.1, 0.15) is 0 Å². The first-order chi connectivity index (χ1) is 14.3. The molecule has 1 saturated heterocycles. The summed E-state index contributed by atoms with van der Waals surface area (Å²) in [7, 11) is -0.406. The Hall–Kier alpha value is -1.74. The lowest BCUT2D eigenvalue weighted by Crippen LogP contribution is -2.39. The minimum absolute atomic E-state index is 0.0434. The zero-order valence-corrected chi connectivity index (χ0v) is 19.7. The number of nitrogens with one attached hydrogen (secondary N) is 1. The molecule has 30 heavy (non-hydrogen) atoms. The summed E-state index contributed by atoms with van der Waals surface area (Å²) in [5, 5.41) is 0. The third kappa shape index (κ3) is 5.49. The molecule has 0 aliphatic carbocycles. The van der Waals surface area contributed by atoms with Crippen molar-refractivity contribution < 1.29 is 13.2 Å². The molecule has 1 heterocycles. The molecule has 0 spiro atoms. The van der Waals surface area contributed by atoms with E-state index in [9.17, 15) is 13.2 Å². The molecule has 8 heteroatoms. The van der Waals surface area contributed by atoms with Crippen LogP contribution in [-0.4, -0.2) is 57.9 Å². The fourth-order valence-corrected chi connectivity index (χ4v) is 5.52. The van der Waals surface area contributed by atoms with Crippen molar-refractivity contribution in [3.8, 4) is 0 Å². The summed E-state index contributed by atoms with van der Waals surface area (Å²) in [6, 6.07) is 15.0. The first-order valence-corrected chi connectivity index (χ1v) is 12.3. The molecule has 1 fully saturated rings. The van der Waals surface area contributed by atoms with Crippen LogP contribution >= 0.6 is 15.9 Å². The maximum absolute atomic E-state index is 13.1. The van der Waals surface area contributed by atoms with Gasteiger partial charge in [-0.3, -0.25) is 4.79 Å². The van der Waals surface area contributed by atoms with Crippen molar-refractivity contribution >= 4 is 31.9 Å². The Bertz CT molecular complexity index is 976. The van der Waals surface area contributed by atoms with Gasteiger partial charge in [0.2, 0.25) is 15.9 Å². The number of likely N-dealkylation sites (tertiary alicyclic amines) is 1. The summed E-state index contributed by atoms with van der Waals surface area (Å²) in [5.74, 6) is -0.0434. The van der Waals surface area contributed by atoms with Gasteiger partial charge in [0.15, 0.2) is 0 Å². The maximum atomic E-state index is 13.1. The van der Waals surface area contributed by atoms with E-state index in [-0.39, 0.29) is 23.3 Å². The standard InChI is InChI=1S/C22H28BrN3O3S/c1-24-30(28,29)21-14-17(10-11-19(21)23)15-22(27)25(2)20(16-26-12-6-7-13-26)18-8-4-3-5-9-18/h3-5,8-11,14,20,24H,6-7,12-13,15-16H2,1-2H3/t20-/m1/s1. The molecule has 0 saturated carbocycles. The van der Waals surface area contributed by atoms with Gasteiger partial charge in [-0.25, -0.2) is 13.1 Å². The largest absolute Gasteiger partial charge is 0.337 e. The van der Waals surface area contributed by atoms with Gasteiger partial charge < -0.3 is 9.80 Å². The van der Waals surface area contributed by atoms with Crippen molar-refractivity contribution in [2.24, 2.45) is 0 Å². The van der Waals surface area contributed by atoms with Crippen LogP contribution in [0.5, 0.6) is 0 Å². The van der Waals surface area contributed by atoms with E-state index in [1.165, 1.54) is 19.9 Å². The lowest BCUT2D eigenvalue weighted by Gasteiger charge is -2.32. The maximum Gasteiger partial charge on any atom is 0.241 e. The average Bonchev–Trinajstić information content (AvgIpc) is 3.26. The van der Waals surface area contributed by atoms with Gasteiger partial charge in [0, 0.05) is 18.1 Å². The monoisotopic (exact) mass is 493 g/mol. The molecule has 2 aromatic rings. The van der Waals surface area contributed by atoms with Gasteiger partial charge in [0.05, 0.1) is 17.4 Å². The first-order valence-electron chi connectivity index (χ1n) is 10.1. The third-order valence-corrected chi connectivity index (χ3v) is 7.99. The van der Waals surface area contributed by atoms with Crippen molar-refractivity contribution in [2.75, 3.05) is 33.7 Å². The quantitative estimate of drug-likeness (QED) is 0.612. The summed E-state index contributed by atoms with van der Waals surface area (Å²) < 4.78 is 27.3. The molecule has 0 unspecified atom stereocenters. The number of sulfonamides is 1. The van der Waals surface area contributed by atoms with Crippen LogP contribution in [0, 0.1) is 0 Å². The Labute approximate surface area is 187 Å². The van der Waals surface area contributed by atoms with E-state index in [2.05, 4.69) is 37.7 Å². The van der Waals surface area contributed by atoms with Crippen molar-refractivity contribution in [3.63, 3.8) is 0 Å². The molecule has 2 aromatic carbocycles. The number of carbonyl (C=O) groups excluding carboxylic acids is 1. The summed E-state index contributed by atoms with van der Waals surface area (Å²) in [4.78, 5) is 17.5. The zero-order valence-electron chi connectivity index (χ0n) is 17.3. The number of carbonyl (C=O) groups is 1. The normalized spacial score (nSPS) is 15.8. The molecule has 0 bridgehead atoms. The molecule has 6 nitrogen and oxygen atoms in total. The molecule has 162 valence electrons. The van der Waals surface area contributed by atoms with Crippen molar-refractivity contribution in [1.29, 1.82) is 0 Å². The summed E-state index contributed by atoms with van der Waals surface area (Å²) in [5.41, 5.74) is 1.77. The van der Waals surface area contributed by atoms with Crippen LogP contribution in [0.15, 0.2) is 57.9 Å². The highest BCUT2D eigenvalue weighted by Gasteiger charge is 2.26. The van der Waals surface area contributed by atoms with Crippen LogP contribution in [-0.2, 0) is 21.2 Å². The van der Waals surface area contributed by atoms with Crippen LogP contribution in [0.4, 0.5) is 0 Å². The minimum Gasteiger partial charge on any atom is -0.337 e. The van der Waals surface area contributed by atoms with E-state index in [4.69, 9.17) is 0 Å². The van der Waals surface area contributed by atoms with E-state index in [1.54, 1.807) is 23.1 Å². The Morgan fingerprint density at radius 1 is 1.17 bits per heavy atom. The topological polar surface area (TPSA) is 69.7 Å². The van der Waals surface area contributed by atoms with Gasteiger partial charge in [-0.1, -0.05) is 36.4 Å². The van der Waals surface area contributed by atoms with Crippen molar-refractivity contribution in [3.05, 3.63) is 64.1 Å². The van der Waals surface area contributed by atoms with Gasteiger partial charge >= 0.3 is 0 Å². The molecule has 0 aromatic heterocycles. The van der Waals surface area contributed by atoms with Crippen LogP contribution < -0.4 is 4.72 Å². The summed E-state index contributed by atoms with van der Waals surface area (Å²) in [6.45, 7) is 2.92. The van der Waals surface area contributed by atoms with Crippen molar-refractivity contribution in [2.45, 2.75) is 30.2 Å². The molecule has 3 rings (SSSR count). The number of rotatable bonds is 8. The second-order valence-electron chi connectivity index (χ2n) is 7.59. The molecular formula is C22H28BrN3O3S. The average molecular weight is 494 g/mol. The van der Waals surface area contributed by atoms with Crippen LogP contribution in [0.2, 0.25) is 0 Å². The molecule has 1 aliphatic heterocycles. The fraction of sp³-hybridized carbons (Fsp3) is 0.409. The number of nitrogens with zero attached hydrogens (tertiary/aromatic N) is 2. The SMILES string of the molecule is CNS(=O)(=O)c1cc(CC(=O)N(C)[C@H](CN2CCCC2)c2ccccc2)ccc1Br. The molecular weight excluding hydrogens is 466 g/mol. The Morgan fingerprint density at radius 3 is 2.47 bits per heavy atom. The molecule has 1 atom stereocenters. The van der Waals surface area contributed by atoms with Crippen molar-refractivity contribution in [1.82, 2.24) is 14.5 Å². The molecule has 1 aliphatic rings. The predicted molar refractivity (Wildman–Crippen MR) is 122 cm³/mol. The Kier molecular flexibility index (Phi) is 7.68. The number of hydrogen-bond donors (Lipinski definition) is 1. The van der Waals surface area contributed by atoms with E-state index < -0.39 is 10.0 Å². The highest BCUT2D eigenvalue weighted by atomic mass is 79.9. The number of halogens is 1. The van der Waals surface area contributed by atoms with Gasteiger partial charge in [0.25, 0.3) is 0 Å². The number of hydrogen-bond acceptors (Lipinski definition) is 4. The lowest BCUT2D eigenvalue weighted by molar-refractivity contribution is -0.131. The van der Waals surface area contributed by atoms with E-state index >= 15 is 0 Å². The second kappa shape index (κ2) is 10.0. The van der Waals surface area contributed by atoms with Gasteiger partial charge in [-0.15, -0.1) is 0 Å². The minimum atomic E-state index is -3.61. The fourth-order valence-electron chi connectivity index (χ4n) is 3.78. The van der Waals surface area contributed by atoms with Gasteiger partial charge in [-0.05, 0) is 72.2 Å². The molecule has 1 amide bonds. The smallest absolute Gasteiger partial charge is 0.241 e. The third-order valence-electron chi connectivity index (χ3n) is 5.58. The molecule has 0 radical (unpaired) electrons. The number of benzene rings is 2. The van der Waals surface area contributed by atoms with E-state index in [0.29, 0.717) is 10.0 Å². The highest BCUT2D eigenvalue weighted by Crippen LogP contribution is 2.26. The number of likely N-dealkylation sites (N-methyl/N-ethyl adjacent to an activating group) is 1. The van der Waals surface area contributed by atoms with Gasteiger partial charge in [-0.2, -0.15) is 0 Å². The first kappa shape index (κ1) is 22.9. The van der Waals surface area contributed by atoms with Crippen LogP contribution in [0.3, 0.4) is 0 Å². The zero-order chi connectivity index (χ0) is 21.7. The number of amides is 1. The summed E-state index contributed by atoms with van der Waals surface area (Å²) in [6.07, 6.45) is 2.53. The second-order valence-corrected chi connectivity index (χ2v) is 10.3. The highest BCUT2D eigenvalue weighted by molar-refractivity contribution is 9.10. The lowest BCUT2D eigenvalue weighted by atomic mass is 10.0. The molecule has 1 N–H and O–H groups in total. The Morgan fingerprint density at radius 2 is 1.83 bits per heavy atom. The van der Waals surface area contributed by atoms with Crippen LogP contribution in [0.25, 0.3) is 0 Å². The summed E-state index contributed by atoms with van der Waals surface area (Å²) >= 11 is 3.28. The Balaban J connectivity index is 1.81. The van der Waals surface area contributed by atoms with Crippen LogP contribution in [0.1, 0.15) is 30.0 Å².